The first-order chi connectivity index (χ1) is 8.79. The average Bonchev–Trinajstić information content (AvgIpc) is 2.50. The number of piperidine rings is 1. The van der Waals surface area contributed by atoms with Crippen LogP contribution in [0.15, 0.2) is 0 Å². The summed E-state index contributed by atoms with van der Waals surface area (Å²) in [4.78, 5) is 11.4. The Morgan fingerprint density at radius 3 is 2.32 bits per heavy atom. The molecule has 2 atom stereocenters. The molecule has 110 valence electrons. The van der Waals surface area contributed by atoms with Crippen molar-refractivity contribution in [1.29, 1.82) is 0 Å². The van der Waals surface area contributed by atoms with Gasteiger partial charge in [0.15, 0.2) is 0 Å². The molecule has 1 amide bonds. The summed E-state index contributed by atoms with van der Waals surface area (Å²) in [6, 6.07) is -0.150. The molecule has 0 aromatic heterocycles. The molecule has 7 nitrogen and oxygen atoms in total. The lowest BCUT2D eigenvalue weighted by Gasteiger charge is -2.36. The minimum absolute atomic E-state index is 0.0477. The number of amides is 1. The van der Waals surface area contributed by atoms with Crippen LogP contribution in [0.5, 0.6) is 0 Å². The highest BCUT2D eigenvalue weighted by atomic mass is 32.2. The highest BCUT2D eigenvalue weighted by molar-refractivity contribution is 7.87. The van der Waals surface area contributed by atoms with E-state index in [4.69, 9.17) is 10.5 Å². The summed E-state index contributed by atoms with van der Waals surface area (Å²) in [6.07, 6.45) is 1.62. The maximum absolute atomic E-state index is 12.2. The minimum atomic E-state index is -3.83. The van der Waals surface area contributed by atoms with Gasteiger partial charge in [0.1, 0.15) is 0 Å². The third-order valence-electron chi connectivity index (χ3n) is 3.54. The summed E-state index contributed by atoms with van der Waals surface area (Å²) in [6.45, 7) is 3.33. The van der Waals surface area contributed by atoms with Gasteiger partial charge in [-0.25, -0.2) is 9.52 Å². The molecule has 2 bridgehead atoms. The van der Waals surface area contributed by atoms with E-state index in [0.29, 0.717) is 12.8 Å². The molecule has 2 heterocycles. The van der Waals surface area contributed by atoms with E-state index in [1.54, 1.807) is 13.8 Å². The van der Waals surface area contributed by atoms with Crippen LogP contribution < -0.4 is 10.5 Å². The number of ether oxygens (including phenoxy) is 1. The van der Waals surface area contributed by atoms with Gasteiger partial charge < -0.3 is 10.5 Å². The van der Waals surface area contributed by atoms with Crippen LogP contribution >= 0.6 is 0 Å². The number of nitrogens with zero attached hydrogens (tertiary/aromatic N) is 1. The lowest BCUT2D eigenvalue weighted by atomic mass is 10.0. The number of hydrogen-bond acceptors (Lipinski definition) is 5. The Morgan fingerprint density at radius 1 is 1.32 bits per heavy atom. The largest absolute Gasteiger partial charge is 0.446 e. The molecule has 0 aliphatic carbocycles. The lowest BCUT2D eigenvalue weighted by molar-refractivity contribution is 0.120. The van der Waals surface area contributed by atoms with Crippen LogP contribution in [0.25, 0.3) is 0 Å². The Hall–Kier alpha value is -0.860. The molecular weight excluding hydrogens is 270 g/mol. The lowest BCUT2D eigenvalue weighted by Crippen LogP contribution is -2.54. The Kier molecular flexibility index (Phi) is 4.03. The van der Waals surface area contributed by atoms with Crippen LogP contribution in [-0.2, 0) is 14.9 Å². The second kappa shape index (κ2) is 5.26. The molecule has 2 saturated heterocycles. The summed E-state index contributed by atoms with van der Waals surface area (Å²) >= 11 is 0. The zero-order valence-electron chi connectivity index (χ0n) is 11.2. The molecule has 2 aliphatic heterocycles. The predicted octanol–water partition coefficient (Wildman–Crippen LogP) is 0.320. The number of rotatable bonds is 3. The Bertz CT molecular complexity index is 437. The highest BCUT2D eigenvalue weighted by Gasteiger charge is 2.46. The number of carbonyl (C=O) groups is 1. The van der Waals surface area contributed by atoms with Crippen molar-refractivity contribution in [2.75, 3.05) is 0 Å². The van der Waals surface area contributed by atoms with Crippen molar-refractivity contribution in [3.05, 3.63) is 0 Å². The quantitative estimate of drug-likeness (QED) is 0.779. The average molecular weight is 291 g/mol. The van der Waals surface area contributed by atoms with E-state index >= 15 is 0 Å². The second-order valence-electron chi connectivity index (χ2n) is 5.51. The molecule has 2 aliphatic rings. The van der Waals surface area contributed by atoms with Crippen molar-refractivity contribution in [1.82, 2.24) is 9.03 Å². The monoisotopic (exact) mass is 291 g/mol. The van der Waals surface area contributed by atoms with Crippen LogP contribution in [0.1, 0.15) is 39.5 Å². The summed E-state index contributed by atoms with van der Waals surface area (Å²) < 4.78 is 32.6. The first kappa shape index (κ1) is 14.5. The number of fused-ring (bicyclic) bond motifs is 2. The van der Waals surface area contributed by atoms with Gasteiger partial charge in [0.2, 0.25) is 0 Å². The van der Waals surface area contributed by atoms with E-state index in [1.807, 2.05) is 4.72 Å². The molecule has 2 unspecified atom stereocenters. The topological polar surface area (TPSA) is 102 Å². The molecule has 0 saturated carbocycles. The van der Waals surface area contributed by atoms with Crippen LogP contribution in [0.2, 0.25) is 0 Å². The van der Waals surface area contributed by atoms with Gasteiger partial charge in [-0.05, 0) is 39.5 Å². The zero-order valence-corrected chi connectivity index (χ0v) is 12.0. The molecule has 2 fully saturated rings. The molecule has 8 heteroatoms. The maximum Gasteiger partial charge on any atom is 0.422 e. The van der Waals surface area contributed by atoms with Crippen LogP contribution in [0, 0.1) is 0 Å². The van der Waals surface area contributed by atoms with Gasteiger partial charge >= 0.3 is 16.3 Å². The Labute approximate surface area is 113 Å². The summed E-state index contributed by atoms with van der Waals surface area (Å²) in [5.41, 5.74) is 5.89. The van der Waals surface area contributed by atoms with Crippen LogP contribution in [0.4, 0.5) is 4.79 Å². The third kappa shape index (κ3) is 3.18. The van der Waals surface area contributed by atoms with Crippen molar-refractivity contribution in [3.8, 4) is 0 Å². The second-order valence-corrected chi connectivity index (χ2v) is 7.08. The van der Waals surface area contributed by atoms with E-state index in [2.05, 4.69) is 0 Å². The maximum atomic E-state index is 12.2. The van der Waals surface area contributed by atoms with Gasteiger partial charge in [0.25, 0.3) is 0 Å². The molecule has 0 radical (unpaired) electrons. The van der Waals surface area contributed by atoms with Gasteiger partial charge in [0.05, 0.1) is 6.10 Å². The molecule has 0 aromatic carbocycles. The van der Waals surface area contributed by atoms with Crippen molar-refractivity contribution in [3.63, 3.8) is 0 Å². The van der Waals surface area contributed by atoms with Crippen molar-refractivity contribution < 1.29 is 17.9 Å². The molecular formula is C11H21N3O4S. The highest BCUT2D eigenvalue weighted by Crippen LogP contribution is 2.36. The third-order valence-corrected chi connectivity index (χ3v) is 5.11. The van der Waals surface area contributed by atoms with Gasteiger partial charge in [-0.15, -0.1) is 0 Å². The SMILES string of the molecule is CC(C)OC(=O)NS(=O)(=O)N1C2CCC1CC(N)C2. The Balaban J connectivity index is 2.06. The number of nitrogens with two attached hydrogens (primary N) is 1. The van der Waals surface area contributed by atoms with Gasteiger partial charge in [-0.1, -0.05) is 0 Å². The van der Waals surface area contributed by atoms with Crippen molar-refractivity contribution in [2.45, 2.75) is 63.8 Å². The molecule has 19 heavy (non-hydrogen) atoms. The van der Waals surface area contributed by atoms with Crippen LogP contribution in [-0.4, -0.2) is 43.0 Å². The first-order valence-corrected chi connectivity index (χ1v) is 8.01. The van der Waals surface area contributed by atoms with Crippen molar-refractivity contribution >= 4 is 16.3 Å². The Morgan fingerprint density at radius 2 is 1.84 bits per heavy atom. The molecule has 3 N–H and O–H groups in total. The molecule has 0 spiro atoms. The summed E-state index contributed by atoms with van der Waals surface area (Å²) in [7, 11) is -3.83. The van der Waals surface area contributed by atoms with E-state index in [9.17, 15) is 13.2 Å². The van der Waals surface area contributed by atoms with E-state index in [1.165, 1.54) is 4.31 Å². The number of nitrogens with one attached hydrogen (secondary N) is 1. The molecule has 2 rings (SSSR count). The number of hydrogen-bond donors (Lipinski definition) is 2. The first-order valence-electron chi connectivity index (χ1n) is 6.57. The summed E-state index contributed by atoms with van der Waals surface area (Å²) in [5.74, 6) is 0. The fraction of sp³-hybridized carbons (Fsp3) is 0.909. The minimum Gasteiger partial charge on any atom is -0.446 e. The van der Waals surface area contributed by atoms with Gasteiger partial charge in [-0.2, -0.15) is 12.7 Å². The van der Waals surface area contributed by atoms with Gasteiger partial charge in [0, 0.05) is 18.1 Å². The van der Waals surface area contributed by atoms with E-state index in [0.717, 1.165) is 12.8 Å². The fourth-order valence-corrected chi connectivity index (χ4v) is 4.50. The zero-order chi connectivity index (χ0) is 14.2. The predicted molar refractivity (Wildman–Crippen MR) is 69.5 cm³/mol. The smallest absolute Gasteiger partial charge is 0.422 e. The fourth-order valence-electron chi connectivity index (χ4n) is 2.96. The van der Waals surface area contributed by atoms with Crippen LogP contribution in [0.3, 0.4) is 0 Å². The van der Waals surface area contributed by atoms with E-state index < -0.39 is 16.3 Å². The number of carbonyl (C=O) groups excluding carboxylic acids is 1. The normalized spacial score (nSPS) is 31.5. The van der Waals surface area contributed by atoms with Crippen molar-refractivity contribution in [2.24, 2.45) is 5.73 Å². The van der Waals surface area contributed by atoms with Gasteiger partial charge in [-0.3, -0.25) is 0 Å². The molecule has 0 aromatic rings. The summed E-state index contributed by atoms with van der Waals surface area (Å²) in [5, 5.41) is 0. The van der Waals surface area contributed by atoms with E-state index in [-0.39, 0.29) is 24.2 Å². The standard InChI is InChI=1S/C11H21N3O4S/c1-7(2)18-11(15)13-19(16,17)14-9-3-4-10(14)6-8(12)5-9/h7-10H,3-6,12H2,1-2H3,(H,13,15).